The van der Waals surface area contributed by atoms with Gasteiger partial charge in [-0.1, -0.05) is 35.9 Å². The Labute approximate surface area is 130 Å². The van der Waals surface area contributed by atoms with Crippen LogP contribution in [0.3, 0.4) is 0 Å². The molecule has 0 aliphatic rings. The van der Waals surface area contributed by atoms with Crippen LogP contribution in [0.5, 0.6) is 5.75 Å². The van der Waals surface area contributed by atoms with E-state index in [-0.39, 0.29) is 12.6 Å². The molecule has 22 heavy (non-hydrogen) atoms. The zero-order valence-corrected chi connectivity index (χ0v) is 13.1. The normalized spacial score (nSPS) is 13.7. The van der Waals surface area contributed by atoms with Gasteiger partial charge in [-0.25, -0.2) is 4.39 Å². The molecule has 0 amide bonds. The Morgan fingerprint density at radius 1 is 1.18 bits per heavy atom. The topological polar surface area (TPSA) is 41.5 Å². The van der Waals surface area contributed by atoms with Crippen LogP contribution in [0.2, 0.25) is 0 Å². The Hall–Kier alpha value is -1.91. The summed E-state index contributed by atoms with van der Waals surface area (Å²) in [6.45, 7) is 4.27. The lowest BCUT2D eigenvalue weighted by molar-refractivity contribution is 0.166. The van der Waals surface area contributed by atoms with Crippen LogP contribution in [0, 0.1) is 12.7 Å². The number of hydrogen-bond acceptors (Lipinski definition) is 3. The fourth-order valence-corrected chi connectivity index (χ4v) is 2.45. The molecule has 0 aromatic heterocycles. The van der Waals surface area contributed by atoms with Gasteiger partial charge in [-0.3, -0.25) is 0 Å². The third-order valence-corrected chi connectivity index (χ3v) is 3.73. The van der Waals surface area contributed by atoms with Crippen LogP contribution >= 0.6 is 0 Å². The molecule has 0 spiro atoms. The molecule has 2 aromatic rings. The summed E-state index contributed by atoms with van der Waals surface area (Å²) in [4.78, 5) is 0. The predicted molar refractivity (Wildman–Crippen MR) is 85.5 cm³/mol. The molecule has 0 aliphatic heterocycles. The smallest absolute Gasteiger partial charge is 0.129 e. The van der Waals surface area contributed by atoms with Crippen molar-refractivity contribution in [2.45, 2.75) is 26.0 Å². The minimum Gasteiger partial charge on any atom is -0.496 e. The molecule has 2 unspecified atom stereocenters. The molecule has 4 heteroatoms. The molecule has 118 valence electrons. The summed E-state index contributed by atoms with van der Waals surface area (Å²) in [6, 6.07) is 12.2. The number of aryl methyl sites for hydroxylation is 1. The van der Waals surface area contributed by atoms with Crippen molar-refractivity contribution in [3.63, 3.8) is 0 Å². The third kappa shape index (κ3) is 3.84. The van der Waals surface area contributed by atoms with Gasteiger partial charge in [0.1, 0.15) is 11.6 Å². The summed E-state index contributed by atoms with van der Waals surface area (Å²) in [5.74, 6) is 0.406. The van der Waals surface area contributed by atoms with Gasteiger partial charge in [0.15, 0.2) is 0 Å². The van der Waals surface area contributed by atoms with Crippen LogP contribution < -0.4 is 10.1 Å². The minimum absolute atomic E-state index is 0.0173. The van der Waals surface area contributed by atoms with E-state index in [0.717, 1.165) is 16.9 Å². The van der Waals surface area contributed by atoms with E-state index in [0.29, 0.717) is 5.56 Å². The summed E-state index contributed by atoms with van der Waals surface area (Å²) in [7, 11) is 1.63. The highest BCUT2D eigenvalue weighted by Crippen LogP contribution is 2.26. The highest BCUT2D eigenvalue weighted by atomic mass is 19.1. The van der Waals surface area contributed by atoms with Crippen molar-refractivity contribution in [2.75, 3.05) is 13.7 Å². The van der Waals surface area contributed by atoms with Gasteiger partial charge < -0.3 is 15.2 Å². The second kappa shape index (κ2) is 7.38. The lowest BCUT2D eigenvalue weighted by Gasteiger charge is -2.20. The molecule has 2 rings (SSSR count). The number of hydrogen-bond donors (Lipinski definition) is 2. The lowest BCUT2D eigenvalue weighted by atomic mass is 10.0. The van der Waals surface area contributed by atoms with Crippen molar-refractivity contribution in [3.8, 4) is 5.75 Å². The second-order valence-electron chi connectivity index (χ2n) is 5.41. The number of ether oxygens (including phenoxy) is 1. The van der Waals surface area contributed by atoms with E-state index < -0.39 is 11.9 Å². The average Bonchev–Trinajstić information content (AvgIpc) is 2.52. The first-order valence-corrected chi connectivity index (χ1v) is 7.33. The number of rotatable bonds is 6. The van der Waals surface area contributed by atoms with E-state index in [2.05, 4.69) is 5.32 Å². The van der Waals surface area contributed by atoms with Gasteiger partial charge in [-0.05, 0) is 26.0 Å². The van der Waals surface area contributed by atoms with Crippen molar-refractivity contribution < 1.29 is 14.2 Å². The Morgan fingerprint density at radius 2 is 1.91 bits per heavy atom. The first kappa shape index (κ1) is 16.5. The summed E-state index contributed by atoms with van der Waals surface area (Å²) in [6.07, 6.45) is -0.889. The fraction of sp³-hybridized carbons (Fsp3) is 0.333. The van der Waals surface area contributed by atoms with Gasteiger partial charge in [0, 0.05) is 23.7 Å². The molecular formula is C18H22FNO2. The zero-order valence-electron chi connectivity index (χ0n) is 13.1. The maximum atomic E-state index is 13.7. The van der Waals surface area contributed by atoms with Crippen LogP contribution in [0.25, 0.3) is 0 Å². The lowest BCUT2D eigenvalue weighted by Crippen LogP contribution is -2.25. The predicted octanol–water partition coefficient (Wildman–Crippen LogP) is 3.53. The highest BCUT2D eigenvalue weighted by molar-refractivity contribution is 5.38. The molecule has 0 aliphatic carbocycles. The molecule has 0 saturated heterocycles. The van der Waals surface area contributed by atoms with E-state index in [1.54, 1.807) is 25.3 Å². The molecular weight excluding hydrogens is 281 g/mol. The van der Waals surface area contributed by atoms with Crippen molar-refractivity contribution in [1.82, 2.24) is 5.32 Å². The van der Waals surface area contributed by atoms with Gasteiger partial charge in [-0.2, -0.15) is 0 Å². The van der Waals surface area contributed by atoms with Crippen molar-refractivity contribution >= 4 is 0 Å². The molecule has 0 radical (unpaired) electrons. The van der Waals surface area contributed by atoms with Crippen molar-refractivity contribution in [1.29, 1.82) is 0 Å². The number of nitrogens with one attached hydrogen (secondary N) is 1. The maximum Gasteiger partial charge on any atom is 0.129 e. The molecule has 0 fully saturated rings. The Kier molecular flexibility index (Phi) is 5.52. The summed E-state index contributed by atoms with van der Waals surface area (Å²) >= 11 is 0. The maximum absolute atomic E-state index is 13.7. The number of methoxy groups -OCH3 is 1. The molecule has 2 N–H and O–H groups in total. The SMILES string of the molecule is COc1ccc(C)cc1C(C)NCC(O)c1ccccc1F. The molecule has 0 heterocycles. The van der Waals surface area contributed by atoms with Crippen LogP contribution in [-0.4, -0.2) is 18.8 Å². The number of benzene rings is 2. The average molecular weight is 303 g/mol. The number of aliphatic hydroxyl groups excluding tert-OH is 1. The van der Waals surface area contributed by atoms with E-state index in [9.17, 15) is 9.50 Å². The van der Waals surface area contributed by atoms with E-state index >= 15 is 0 Å². The minimum atomic E-state index is -0.889. The van der Waals surface area contributed by atoms with Crippen LogP contribution in [0.15, 0.2) is 42.5 Å². The van der Waals surface area contributed by atoms with Gasteiger partial charge in [0.25, 0.3) is 0 Å². The fourth-order valence-electron chi connectivity index (χ4n) is 2.45. The second-order valence-corrected chi connectivity index (χ2v) is 5.41. The summed E-state index contributed by atoms with van der Waals surface area (Å²) < 4.78 is 19.0. The van der Waals surface area contributed by atoms with Crippen LogP contribution in [0.4, 0.5) is 4.39 Å². The largest absolute Gasteiger partial charge is 0.496 e. The first-order chi connectivity index (χ1) is 10.5. The summed E-state index contributed by atoms with van der Waals surface area (Å²) in [5.41, 5.74) is 2.46. The Bertz CT molecular complexity index is 630. The number of aliphatic hydroxyl groups is 1. The van der Waals surface area contributed by atoms with Crippen molar-refractivity contribution in [2.24, 2.45) is 0 Å². The third-order valence-electron chi connectivity index (χ3n) is 3.73. The zero-order chi connectivity index (χ0) is 16.1. The molecule has 3 nitrogen and oxygen atoms in total. The van der Waals surface area contributed by atoms with Crippen LogP contribution in [0.1, 0.15) is 35.8 Å². The number of halogens is 1. The monoisotopic (exact) mass is 303 g/mol. The molecule has 2 atom stereocenters. The highest BCUT2D eigenvalue weighted by Gasteiger charge is 2.16. The van der Waals surface area contributed by atoms with Gasteiger partial charge >= 0.3 is 0 Å². The molecule has 0 bridgehead atoms. The van der Waals surface area contributed by atoms with Crippen LogP contribution in [-0.2, 0) is 0 Å². The molecule has 0 saturated carbocycles. The Balaban J connectivity index is 2.05. The quantitative estimate of drug-likeness (QED) is 0.858. The molecule has 2 aromatic carbocycles. The van der Waals surface area contributed by atoms with Gasteiger partial charge in [-0.15, -0.1) is 0 Å². The Morgan fingerprint density at radius 3 is 2.59 bits per heavy atom. The summed E-state index contributed by atoms with van der Waals surface area (Å²) in [5, 5.41) is 13.4. The van der Waals surface area contributed by atoms with E-state index in [1.807, 2.05) is 32.0 Å². The van der Waals surface area contributed by atoms with Crippen molar-refractivity contribution in [3.05, 3.63) is 65.0 Å². The van der Waals surface area contributed by atoms with E-state index in [4.69, 9.17) is 4.74 Å². The van der Waals surface area contributed by atoms with Gasteiger partial charge in [0.2, 0.25) is 0 Å². The van der Waals surface area contributed by atoms with E-state index in [1.165, 1.54) is 6.07 Å². The standard InChI is InChI=1S/C18H22FNO2/c1-12-8-9-18(22-3)15(10-12)13(2)20-11-17(21)14-6-4-5-7-16(14)19/h4-10,13,17,20-21H,11H2,1-3H3. The first-order valence-electron chi connectivity index (χ1n) is 7.33. The van der Waals surface area contributed by atoms with Gasteiger partial charge in [0.05, 0.1) is 13.2 Å².